The van der Waals surface area contributed by atoms with Gasteiger partial charge in [0, 0.05) is 12.6 Å². The van der Waals surface area contributed by atoms with E-state index < -0.39 is 0 Å². The number of hydrogen-bond acceptors (Lipinski definition) is 2. The van der Waals surface area contributed by atoms with E-state index in [2.05, 4.69) is 17.6 Å². The van der Waals surface area contributed by atoms with Gasteiger partial charge in [0.1, 0.15) is 0 Å². The molecular formula is C14H26N2. The predicted molar refractivity (Wildman–Crippen MR) is 67.4 cm³/mol. The minimum absolute atomic E-state index is 0.563. The Bertz CT molecular complexity index is 245. The highest BCUT2D eigenvalue weighted by molar-refractivity contribution is 4.95. The summed E-state index contributed by atoms with van der Waals surface area (Å²) in [5.74, 6) is 2.10. The molecule has 2 heteroatoms. The second-order valence-corrected chi connectivity index (χ2v) is 6.72. The van der Waals surface area contributed by atoms with Crippen molar-refractivity contribution >= 4 is 0 Å². The maximum absolute atomic E-state index is 3.90. The van der Waals surface area contributed by atoms with Crippen LogP contribution in [0.3, 0.4) is 0 Å². The molecule has 0 aromatic carbocycles. The fourth-order valence-corrected chi connectivity index (χ4v) is 4.08. The molecule has 2 aliphatic carbocycles. The van der Waals surface area contributed by atoms with Gasteiger partial charge in [-0.1, -0.05) is 13.3 Å². The summed E-state index contributed by atoms with van der Waals surface area (Å²) in [5.41, 5.74) is 0.563. The topological polar surface area (TPSA) is 24.1 Å². The SMILES string of the molecule is CC1(CNC2CC3CCC2C3)CCNCC1. The normalized spacial score (nSPS) is 41.4. The van der Waals surface area contributed by atoms with Crippen molar-refractivity contribution in [1.29, 1.82) is 0 Å². The second kappa shape index (κ2) is 4.30. The van der Waals surface area contributed by atoms with Crippen LogP contribution < -0.4 is 10.6 Å². The highest BCUT2D eigenvalue weighted by Crippen LogP contribution is 2.44. The van der Waals surface area contributed by atoms with Gasteiger partial charge in [0.2, 0.25) is 0 Å². The minimum Gasteiger partial charge on any atom is -0.317 e. The number of fused-ring (bicyclic) bond motifs is 2. The lowest BCUT2D eigenvalue weighted by molar-refractivity contribution is 0.200. The first kappa shape index (κ1) is 11.0. The Morgan fingerprint density at radius 1 is 1.19 bits per heavy atom. The zero-order valence-corrected chi connectivity index (χ0v) is 10.6. The van der Waals surface area contributed by atoms with Crippen molar-refractivity contribution in [3.05, 3.63) is 0 Å². The van der Waals surface area contributed by atoms with Gasteiger partial charge in [0.15, 0.2) is 0 Å². The summed E-state index contributed by atoms with van der Waals surface area (Å²) < 4.78 is 0. The van der Waals surface area contributed by atoms with Crippen LogP contribution in [-0.4, -0.2) is 25.7 Å². The van der Waals surface area contributed by atoms with Gasteiger partial charge in [-0.3, -0.25) is 0 Å². The van der Waals surface area contributed by atoms with Gasteiger partial charge in [-0.15, -0.1) is 0 Å². The molecule has 2 bridgehead atoms. The lowest BCUT2D eigenvalue weighted by atomic mass is 9.80. The van der Waals surface area contributed by atoms with Gasteiger partial charge in [0.05, 0.1) is 0 Å². The maximum atomic E-state index is 3.90. The highest BCUT2D eigenvalue weighted by atomic mass is 15.0. The molecule has 3 fully saturated rings. The third-order valence-electron chi connectivity index (χ3n) is 5.34. The van der Waals surface area contributed by atoms with Gasteiger partial charge in [-0.25, -0.2) is 0 Å². The Hall–Kier alpha value is -0.0800. The molecule has 1 heterocycles. The van der Waals surface area contributed by atoms with Crippen molar-refractivity contribution in [3.8, 4) is 0 Å². The third kappa shape index (κ3) is 2.14. The number of piperidine rings is 1. The molecule has 0 aromatic heterocycles. The van der Waals surface area contributed by atoms with Crippen LogP contribution in [0.25, 0.3) is 0 Å². The summed E-state index contributed by atoms with van der Waals surface area (Å²) in [6, 6.07) is 0.866. The quantitative estimate of drug-likeness (QED) is 0.764. The fourth-order valence-electron chi connectivity index (χ4n) is 4.08. The summed E-state index contributed by atoms with van der Waals surface area (Å²) >= 11 is 0. The molecule has 3 rings (SSSR count). The first-order valence-corrected chi connectivity index (χ1v) is 7.19. The largest absolute Gasteiger partial charge is 0.317 e. The summed E-state index contributed by atoms with van der Waals surface area (Å²) in [7, 11) is 0. The molecule has 92 valence electrons. The smallest absolute Gasteiger partial charge is 0.00982 e. The number of hydrogen-bond donors (Lipinski definition) is 2. The first-order chi connectivity index (χ1) is 7.75. The van der Waals surface area contributed by atoms with Gasteiger partial charge in [-0.2, -0.15) is 0 Å². The van der Waals surface area contributed by atoms with Crippen LogP contribution in [0, 0.1) is 17.3 Å². The van der Waals surface area contributed by atoms with Crippen molar-refractivity contribution in [2.75, 3.05) is 19.6 Å². The van der Waals surface area contributed by atoms with E-state index in [1.165, 1.54) is 58.2 Å². The molecule has 2 N–H and O–H groups in total. The van der Waals surface area contributed by atoms with Gasteiger partial charge >= 0.3 is 0 Å². The Labute approximate surface area is 99.6 Å². The molecule has 1 saturated heterocycles. The van der Waals surface area contributed by atoms with Crippen LogP contribution in [-0.2, 0) is 0 Å². The van der Waals surface area contributed by atoms with E-state index in [9.17, 15) is 0 Å². The van der Waals surface area contributed by atoms with Crippen molar-refractivity contribution in [1.82, 2.24) is 10.6 Å². The average molecular weight is 222 g/mol. The molecule has 1 aliphatic heterocycles. The van der Waals surface area contributed by atoms with Crippen LogP contribution in [0.4, 0.5) is 0 Å². The molecule has 16 heavy (non-hydrogen) atoms. The van der Waals surface area contributed by atoms with Crippen LogP contribution >= 0.6 is 0 Å². The molecule has 0 spiro atoms. The van der Waals surface area contributed by atoms with Crippen molar-refractivity contribution in [3.63, 3.8) is 0 Å². The summed E-state index contributed by atoms with van der Waals surface area (Å²) in [6.07, 6.45) is 8.71. The van der Waals surface area contributed by atoms with Crippen LogP contribution in [0.1, 0.15) is 45.4 Å². The van der Waals surface area contributed by atoms with Gasteiger partial charge < -0.3 is 10.6 Å². The van der Waals surface area contributed by atoms with E-state index in [1.807, 2.05) is 0 Å². The van der Waals surface area contributed by atoms with E-state index >= 15 is 0 Å². The Kier molecular flexibility index (Phi) is 2.97. The Balaban J connectivity index is 1.49. The van der Waals surface area contributed by atoms with E-state index in [0.717, 1.165) is 17.9 Å². The number of rotatable bonds is 3. The Morgan fingerprint density at radius 3 is 2.62 bits per heavy atom. The molecule has 2 saturated carbocycles. The predicted octanol–water partition coefficient (Wildman–Crippen LogP) is 2.15. The standard InChI is InChI=1S/C14H26N2/c1-14(4-6-15-7-5-14)10-16-13-9-11-2-3-12(13)8-11/h11-13,15-16H,2-10H2,1H3. The minimum atomic E-state index is 0.563. The van der Waals surface area contributed by atoms with E-state index in [1.54, 1.807) is 0 Å². The van der Waals surface area contributed by atoms with E-state index in [4.69, 9.17) is 0 Å². The fraction of sp³-hybridized carbons (Fsp3) is 1.00. The van der Waals surface area contributed by atoms with Crippen molar-refractivity contribution in [2.45, 2.75) is 51.5 Å². The van der Waals surface area contributed by atoms with Crippen LogP contribution in [0.5, 0.6) is 0 Å². The number of nitrogens with one attached hydrogen (secondary N) is 2. The lowest BCUT2D eigenvalue weighted by Crippen LogP contribution is -2.45. The molecule has 0 aromatic rings. The zero-order valence-electron chi connectivity index (χ0n) is 10.6. The molecule has 3 unspecified atom stereocenters. The summed E-state index contributed by atoms with van der Waals surface area (Å²) in [4.78, 5) is 0. The summed E-state index contributed by atoms with van der Waals surface area (Å²) in [6.45, 7) is 6.15. The molecule has 0 amide bonds. The Morgan fingerprint density at radius 2 is 2.00 bits per heavy atom. The summed E-state index contributed by atoms with van der Waals surface area (Å²) in [5, 5.41) is 7.36. The highest BCUT2D eigenvalue weighted by Gasteiger charge is 2.40. The third-order valence-corrected chi connectivity index (χ3v) is 5.34. The lowest BCUT2D eigenvalue weighted by Gasteiger charge is -2.36. The maximum Gasteiger partial charge on any atom is 0.00982 e. The van der Waals surface area contributed by atoms with Gasteiger partial charge in [-0.05, 0) is 62.4 Å². The van der Waals surface area contributed by atoms with Crippen LogP contribution in [0.2, 0.25) is 0 Å². The average Bonchev–Trinajstić information content (AvgIpc) is 2.89. The first-order valence-electron chi connectivity index (χ1n) is 7.19. The van der Waals surface area contributed by atoms with E-state index in [0.29, 0.717) is 5.41 Å². The van der Waals surface area contributed by atoms with Crippen LogP contribution in [0.15, 0.2) is 0 Å². The van der Waals surface area contributed by atoms with Crippen molar-refractivity contribution in [2.24, 2.45) is 17.3 Å². The molecule has 2 nitrogen and oxygen atoms in total. The molecule has 3 aliphatic rings. The molecule has 0 radical (unpaired) electrons. The monoisotopic (exact) mass is 222 g/mol. The molecule has 3 atom stereocenters. The van der Waals surface area contributed by atoms with Crippen molar-refractivity contribution < 1.29 is 0 Å². The van der Waals surface area contributed by atoms with E-state index in [-0.39, 0.29) is 0 Å². The molecular weight excluding hydrogens is 196 g/mol. The second-order valence-electron chi connectivity index (χ2n) is 6.72. The van der Waals surface area contributed by atoms with Gasteiger partial charge in [0.25, 0.3) is 0 Å². The zero-order chi connectivity index (χ0) is 11.0.